The van der Waals surface area contributed by atoms with Crippen LogP contribution in [-0.2, 0) is 14.8 Å². The van der Waals surface area contributed by atoms with E-state index in [0.29, 0.717) is 23.6 Å². The highest BCUT2D eigenvalue weighted by Crippen LogP contribution is 2.27. The second kappa shape index (κ2) is 8.71. The molecule has 1 unspecified atom stereocenters. The summed E-state index contributed by atoms with van der Waals surface area (Å²) < 4.78 is 26.5. The van der Waals surface area contributed by atoms with Gasteiger partial charge in [-0.2, -0.15) is 0 Å². The van der Waals surface area contributed by atoms with Gasteiger partial charge in [-0.25, -0.2) is 23.1 Å². The Balaban J connectivity index is 1.38. The van der Waals surface area contributed by atoms with E-state index in [4.69, 9.17) is 4.98 Å². The fraction of sp³-hybridized carbons (Fsp3) is 0.455. The molecule has 0 bridgehead atoms. The van der Waals surface area contributed by atoms with Gasteiger partial charge in [-0.15, -0.1) is 0 Å². The molecule has 2 aliphatic rings. The van der Waals surface area contributed by atoms with E-state index in [9.17, 15) is 13.2 Å². The van der Waals surface area contributed by atoms with Crippen LogP contribution in [0.5, 0.6) is 0 Å². The number of aromatic nitrogens is 4. The summed E-state index contributed by atoms with van der Waals surface area (Å²) in [7, 11) is -2.25. The molecule has 0 aliphatic carbocycles. The number of sulfonamides is 1. The first-order valence-electron chi connectivity index (χ1n) is 11.2. The summed E-state index contributed by atoms with van der Waals surface area (Å²) >= 11 is 0. The number of nitrogens with zero attached hydrogens (tertiary/aromatic N) is 5. The summed E-state index contributed by atoms with van der Waals surface area (Å²) in [6.45, 7) is 3.27. The molecule has 0 saturated carbocycles. The molecule has 3 aromatic heterocycles. The molecule has 1 atom stereocenters. The van der Waals surface area contributed by atoms with Crippen LogP contribution in [0.25, 0.3) is 22.6 Å². The van der Waals surface area contributed by atoms with E-state index in [2.05, 4.69) is 24.6 Å². The third-order valence-electron chi connectivity index (χ3n) is 6.41. The van der Waals surface area contributed by atoms with Crippen molar-refractivity contribution in [2.75, 3.05) is 38.1 Å². The topological polar surface area (TPSA) is 124 Å². The van der Waals surface area contributed by atoms with Crippen molar-refractivity contribution in [2.24, 2.45) is 5.92 Å². The summed E-state index contributed by atoms with van der Waals surface area (Å²) in [5.41, 5.74) is 1.84. The van der Waals surface area contributed by atoms with Gasteiger partial charge in [0, 0.05) is 44.1 Å². The molecule has 3 aromatic rings. The van der Waals surface area contributed by atoms with Gasteiger partial charge in [0.2, 0.25) is 15.9 Å². The number of hydrogen-bond acceptors (Lipinski definition) is 7. The van der Waals surface area contributed by atoms with Gasteiger partial charge in [0.1, 0.15) is 16.5 Å². The Labute approximate surface area is 192 Å². The number of nitrogens with one attached hydrogen (secondary N) is 2. The summed E-state index contributed by atoms with van der Waals surface area (Å²) in [5, 5.41) is 0. The van der Waals surface area contributed by atoms with Gasteiger partial charge >= 0.3 is 0 Å². The van der Waals surface area contributed by atoms with E-state index in [1.165, 1.54) is 19.3 Å². The first kappa shape index (κ1) is 21.8. The lowest BCUT2D eigenvalue weighted by Crippen LogP contribution is -2.44. The van der Waals surface area contributed by atoms with Gasteiger partial charge in [0.25, 0.3) is 0 Å². The van der Waals surface area contributed by atoms with E-state index in [0.717, 1.165) is 56.7 Å². The molecule has 0 spiro atoms. The predicted molar refractivity (Wildman–Crippen MR) is 124 cm³/mol. The fourth-order valence-corrected chi connectivity index (χ4v) is 5.31. The zero-order valence-electron chi connectivity index (χ0n) is 18.5. The molecule has 5 heterocycles. The van der Waals surface area contributed by atoms with Crippen LogP contribution in [0.3, 0.4) is 0 Å². The number of piperidine rings is 1. The maximum atomic E-state index is 12.9. The number of likely N-dealkylation sites (tertiary alicyclic amines) is 1. The minimum Gasteiger partial charge on any atom is -0.356 e. The van der Waals surface area contributed by atoms with Crippen molar-refractivity contribution in [2.45, 2.75) is 30.6 Å². The van der Waals surface area contributed by atoms with Crippen molar-refractivity contribution in [1.29, 1.82) is 0 Å². The van der Waals surface area contributed by atoms with Gasteiger partial charge in [-0.05, 0) is 50.9 Å². The molecule has 10 nitrogen and oxygen atoms in total. The molecule has 2 fully saturated rings. The Morgan fingerprint density at radius 1 is 1.12 bits per heavy atom. The summed E-state index contributed by atoms with van der Waals surface area (Å²) in [4.78, 5) is 33.7. The standard InChI is InChI=1S/C22H27N7O3S/c1-23-33(31,32)17-11-16(12-24-13-17)20-25-18-6-7-19(26-21(18)27-20)29-10-4-5-15(14-29)22(30)28-8-2-3-9-28/h6-7,11-13,15,23H,2-5,8-10,14H2,1H3,(H,25,26,27). The molecule has 1 amide bonds. The van der Waals surface area contributed by atoms with Crippen molar-refractivity contribution < 1.29 is 13.2 Å². The highest BCUT2D eigenvalue weighted by atomic mass is 32.2. The van der Waals surface area contributed by atoms with Crippen LogP contribution in [-0.4, -0.2) is 72.4 Å². The monoisotopic (exact) mass is 469 g/mol. The minimum atomic E-state index is -3.61. The van der Waals surface area contributed by atoms with E-state index in [1.807, 2.05) is 17.0 Å². The summed E-state index contributed by atoms with van der Waals surface area (Å²) in [5.74, 6) is 1.57. The smallest absolute Gasteiger partial charge is 0.241 e. The molecule has 33 heavy (non-hydrogen) atoms. The Morgan fingerprint density at radius 2 is 1.94 bits per heavy atom. The number of fused-ring (bicyclic) bond motifs is 1. The first-order chi connectivity index (χ1) is 15.9. The van der Waals surface area contributed by atoms with Crippen molar-refractivity contribution in [3.63, 3.8) is 0 Å². The van der Waals surface area contributed by atoms with Crippen LogP contribution >= 0.6 is 0 Å². The van der Waals surface area contributed by atoms with E-state index < -0.39 is 10.0 Å². The Kier molecular flexibility index (Phi) is 5.75. The highest BCUT2D eigenvalue weighted by molar-refractivity contribution is 7.89. The van der Waals surface area contributed by atoms with Crippen LogP contribution in [0.4, 0.5) is 5.82 Å². The Bertz CT molecular complexity index is 1280. The van der Waals surface area contributed by atoms with Crippen LogP contribution in [0.15, 0.2) is 35.5 Å². The first-order valence-corrected chi connectivity index (χ1v) is 12.7. The molecule has 11 heteroatoms. The van der Waals surface area contributed by atoms with Gasteiger partial charge in [-0.3, -0.25) is 9.78 Å². The average Bonchev–Trinajstić information content (AvgIpc) is 3.53. The normalized spacial score (nSPS) is 19.4. The molecule has 2 N–H and O–H groups in total. The maximum absolute atomic E-state index is 12.9. The number of H-pyrrole nitrogens is 1. The van der Waals surface area contributed by atoms with Gasteiger partial charge in [-0.1, -0.05) is 0 Å². The van der Waals surface area contributed by atoms with Crippen molar-refractivity contribution >= 4 is 32.9 Å². The van der Waals surface area contributed by atoms with E-state index in [-0.39, 0.29) is 16.7 Å². The zero-order chi connectivity index (χ0) is 23.0. The Hall–Kier alpha value is -3.05. The van der Waals surface area contributed by atoms with E-state index in [1.54, 1.807) is 6.20 Å². The lowest BCUT2D eigenvalue weighted by atomic mass is 9.96. The molecule has 0 radical (unpaired) electrons. The molecule has 5 rings (SSSR count). The number of imidazole rings is 1. The second-order valence-electron chi connectivity index (χ2n) is 8.56. The van der Waals surface area contributed by atoms with Crippen molar-refractivity contribution in [1.82, 2.24) is 29.6 Å². The molecule has 174 valence electrons. The number of carbonyl (C=O) groups is 1. The quantitative estimate of drug-likeness (QED) is 0.583. The van der Waals surface area contributed by atoms with Crippen molar-refractivity contribution in [3.05, 3.63) is 30.6 Å². The number of anilines is 1. The minimum absolute atomic E-state index is 0.00651. The third-order valence-corrected chi connectivity index (χ3v) is 7.79. The average molecular weight is 470 g/mol. The summed E-state index contributed by atoms with van der Waals surface area (Å²) in [6.07, 6.45) is 6.92. The van der Waals surface area contributed by atoms with Crippen LogP contribution in [0.2, 0.25) is 0 Å². The predicted octanol–water partition coefficient (Wildman–Crippen LogP) is 1.77. The largest absolute Gasteiger partial charge is 0.356 e. The molecule has 2 aliphatic heterocycles. The molecule has 0 aromatic carbocycles. The number of hydrogen-bond donors (Lipinski definition) is 2. The number of carbonyl (C=O) groups excluding carboxylic acids is 1. The van der Waals surface area contributed by atoms with Gasteiger partial charge < -0.3 is 14.8 Å². The molecular formula is C22H27N7O3S. The van der Waals surface area contributed by atoms with Crippen LogP contribution in [0.1, 0.15) is 25.7 Å². The highest BCUT2D eigenvalue weighted by Gasteiger charge is 2.31. The number of rotatable bonds is 5. The van der Waals surface area contributed by atoms with E-state index >= 15 is 0 Å². The lowest BCUT2D eigenvalue weighted by Gasteiger charge is -2.34. The van der Waals surface area contributed by atoms with Gasteiger partial charge in [0.05, 0.1) is 11.4 Å². The number of amides is 1. The fourth-order valence-electron chi connectivity index (χ4n) is 4.59. The summed E-state index contributed by atoms with van der Waals surface area (Å²) in [6, 6.07) is 5.38. The van der Waals surface area contributed by atoms with Gasteiger partial charge in [0.15, 0.2) is 5.65 Å². The molecule has 2 saturated heterocycles. The number of pyridine rings is 2. The Morgan fingerprint density at radius 3 is 2.73 bits per heavy atom. The van der Waals surface area contributed by atoms with Crippen LogP contribution in [0, 0.1) is 5.92 Å². The number of aromatic amines is 1. The maximum Gasteiger partial charge on any atom is 0.241 e. The third kappa shape index (κ3) is 4.30. The SMILES string of the molecule is CNS(=O)(=O)c1cncc(-c2nc3nc(N4CCCC(C(=O)N5CCCC5)C4)ccc3[nH]2)c1. The van der Waals surface area contributed by atoms with Crippen LogP contribution < -0.4 is 9.62 Å². The second-order valence-corrected chi connectivity index (χ2v) is 10.4. The molecular weight excluding hydrogens is 442 g/mol. The van der Waals surface area contributed by atoms with Crippen molar-refractivity contribution in [3.8, 4) is 11.4 Å². The zero-order valence-corrected chi connectivity index (χ0v) is 19.3. The lowest BCUT2D eigenvalue weighted by molar-refractivity contribution is -0.134.